The molecule has 4 nitrogen and oxygen atoms in total. The van der Waals surface area contributed by atoms with Crippen LogP contribution in [0.4, 0.5) is 0 Å². The lowest BCUT2D eigenvalue weighted by Crippen LogP contribution is -1.99. The molecule has 0 saturated heterocycles. The van der Waals surface area contributed by atoms with Gasteiger partial charge in [-0.2, -0.15) is 0 Å². The van der Waals surface area contributed by atoms with Crippen LogP contribution in [0, 0.1) is 0 Å². The summed E-state index contributed by atoms with van der Waals surface area (Å²) < 4.78 is 2.34. The summed E-state index contributed by atoms with van der Waals surface area (Å²) in [7, 11) is 0. The van der Waals surface area contributed by atoms with Crippen molar-refractivity contribution in [1.29, 1.82) is 0 Å². The molecule has 2 N–H and O–H groups in total. The molecule has 1 aromatic carbocycles. The molecule has 0 spiro atoms. The Morgan fingerprint density at radius 2 is 2.11 bits per heavy atom. The fraction of sp³-hybridized carbons (Fsp3) is 0.286. The highest BCUT2D eigenvalue weighted by molar-refractivity contribution is 7.09. The van der Waals surface area contributed by atoms with E-state index < -0.39 is 0 Å². The first kappa shape index (κ1) is 11.1. The summed E-state index contributed by atoms with van der Waals surface area (Å²) in [4.78, 5) is 9.33. The zero-order chi connectivity index (χ0) is 12.8. The van der Waals surface area contributed by atoms with Gasteiger partial charge in [-0.05, 0) is 25.0 Å². The molecule has 1 aliphatic carbocycles. The molecule has 2 heterocycles. The molecule has 1 aliphatic rings. The average Bonchev–Trinajstić information content (AvgIpc) is 3.05. The highest BCUT2D eigenvalue weighted by Crippen LogP contribution is 2.41. The van der Waals surface area contributed by atoms with Crippen LogP contribution in [0.3, 0.4) is 0 Å². The standard InChI is InChI=1S/C14H14N4S/c15-7-13-16-11(8-19-13)14-17-10-3-1-2-4-12(10)18(14)9-5-6-9/h1-4,8-9H,5-7,15H2. The molecule has 3 aromatic rings. The number of hydrogen-bond donors (Lipinski definition) is 1. The number of rotatable bonds is 3. The van der Waals surface area contributed by atoms with Gasteiger partial charge in [0, 0.05) is 18.0 Å². The van der Waals surface area contributed by atoms with Crippen LogP contribution in [0.5, 0.6) is 0 Å². The van der Waals surface area contributed by atoms with Gasteiger partial charge in [0.05, 0.1) is 11.0 Å². The maximum atomic E-state index is 5.65. The lowest BCUT2D eigenvalue weighted by atomic mass is 10.3. The zero-order valence-corrected chi connectivity index (χ0v) is 11.2. The molecule has 0 bridgehead atoms. The van der Waals surface area contributed by atoms with Crippen LogP contribution < -0.4 is 5.73 Å². The van der Waals surface area contributed by atoms with Crippen molar-refractivity contribution in [2.45, 2.75) is 25.4 Å². The highest BCUT2D eigenvalue weighted by Gasteiger charge is 2.29. The zero-order valence-electron chi connectivity index (χ0n) is 10.4. The summed E-state index contributed by atoms with van der Waals surface area (Å²) in [5, 5.41) is 3.02. The second kappa shape index (κ2) is 4.15. The molecule has 0 radical (unpaired) electrons. The molecule has 0 atom stereocenters. The summed E-state index contributed by atoms with van der Waals surface area (Å²) in [5.41, 5.74) is 8.86. The van der Waals surface area contributed by atoms with Crippen LogP contribution in [-0.2, 0) is 6.54 Å². The Kier molecular flexibility index (Phi) is 2.43. The van der Waals surface area contributed by atoms with Crippen molar-refractivity contribution in [2.75, 3.05) is 0 Å². The van der Waals surface area contributed by atoms with Crippen molar-refractivity contribution in [2.24, 2.45) is 5.73 Å². The monoisotopic (exact) mass is 270 g/mol. The predicted molar refractivity (Wildman–Crippen MR) is 77.0 cm³/mol. The number of thiazole rings is 1. The van der Waals surface area contributed by atoms with E-state index in [1.807, 2.05) is 6.07 Å². The Bertz CT molecular complexity index is 739. The summed E-state index contributed by atoms with van der Waals surface area (Å²) in [6.45, 7) is 0.494. The molecule has 5 heteroatoms. The fourth-order valence-corrected chi connectivity index (χ4v) is 3.09. The van der Waals surface area contributed by atoms with E-state index in [2.05, 4.69) is 33.1 Å². The fourth-order valence-electron chi connectivity index (χ4n) is 2.43. The summed E-state index contributed by atoms with van der Waals surface area (Å²) in [5.74, 6) is 0.986. The summed E-state index contributed by atoms with van der Waals surface area (Å²) >= 11 is 1.61. The Labute approximate surface area is 114 Å². The maximum absolute atomic E-state index is 5.65. The van der Waals surface area contributed by atoms with Gasteiger partial charge in [-0.1, -0.05) is 12.1 Å². The van der Waals surface area contributed by atoms with Gasteiger partial charge in [-0.3, -0.25) is 0 Å². The number of benzene rings is 1. The summed E-state index contributed by atoms with van der Waals surface area (Å²) in [6, 6.07) is 8.89. The third-order valence-electron chi connectivity index (χ3n) is 3.46. The van der Waals surface area contributed by atoms with Crippen molar-refractivity contribution in [3.8, 4) is 11.5 Å². The molecule has 0 aliphatic heterocycles. The Hall–Kier alpha value is -1.72. The van der Waals surface area contributed by atoms with Crippen molar-refractivity contribution >= 4 is 22.4 Å². The largest absolute Gasteiger partial charge is 0.325 e. The van der Waals surface area contributed by atoms with Crippen LogP contribution >= 0.6 is 11.3 Å². The Balaban J connectivity index is 1.95. The molecular weight excluding hydrogens is 256 g/mol. The number of nitrogens with zero attached hydrogens (tertiary/aromatic N) is 3. The minimum atomic E-state index is 0.494. The normalized spacial score (nSPS) is 15.2. The average molecular weight is 270 g/mol. The Morgan fingerprint density at radius 3 is 2.84 bits per heavy atom. The third-order valence-corrected chi connectivity index (χ3v) is 4.33. The first-order valence-corrected chi connectivity index (χ1v) is 7.36. The van der Waals surface area contributed by atoms with E-state index in [9.17, 15) is 0 Å². The van der Waals surface area contributed by atoms with Gasteiger partial charge in [0.1, 0.15) is 10.7 Å². The van der Waals surface area contributed by atoms with Gasteiger partial charge in [0.15, 0.2) is 5.82 Å². The molecule has 96 valence electrons. The first-order valence-electron chi connectivity index (χ1n) is 6.48. The molecular formula is C14H14N4S. The molecule has 19 heavy (non-hydrogen) atoms. The number of nitrogens with two attached hydrogens (primary N) is 1. The lowest BCUT2D eigenvalue weighted by molar-refractivity contribution is 0.772. The van der Waals surface area contributed by atoms with Gasteiger partial charge < -0.3 is 10.3 Å². The van der Waals surface area contributed by atoms with E-state index in [1.54, 1.807) is 11.3 Å². The molecule has 0 unspecified atom stereocenters. The quantitative estimate of drug-likeness (QED) is 0.796. The first-order chi connectivity index (χ1) is 9.36. The lowest BCUT2D eigenvalue weighted by Gasteiger charge is -2.05. The molecule has 1 fully saturated rings. The summed E-state index contributed by atoms with van der Waals surface area (Å²) in [6.07, 6.45) is 2.47. The van der Waals surface area contributed by atoms with Crippen molar-refractivity contribution in [1.82, 2.24) is 14.5 Å². The number of fused-ring (bicyclic) bond motifs is 1. The van der Waals surface area contributed by atoms with E-state index in [0.29, 0.717) is 12.6 Å². The van der Waals surface area contributed by atoms with Crippen LogP contribution in [-0.4, -0.2) is 14.5 Å². The minimum absolute atomic E-state index is 0.494. The third kappa shape index (κ3) is 1.77. The van der Waals surface area contributed by atoms with E-state index in [0.717, 1.165) is 22.0 Å². The SMILES string of the molecule is NCc1nc(-c2nc3ccccc3n2C2CC2)cs1. The smallest absolute Gasteiger partial charge is 0.160 e. The van der Waals surface area contributed by atoms with Crippen molar-refractivity contribution < 1.29 is 0 Å². The van der Waals surface area contributed by atoms with Gasteiger partial charge in [0.25, 0.3) is 0 Å². The van der Waals surface area contributed by atoms with E-state index in [1.165, 1.54) is 18.4 Å². The molecule has 4 rings (SSSR count). The van der Waals surface area contributed by atoms with E-state index in [-0.39, 0.29) is 0 Å². The molecule has 2 aromatic heterocycles. The molecule has 0 amide bonds. The van der Waals surface area contributed by atoms with Crippen LogP contribution in [0.2, 0.25) is 0 Å². The number of aromatic nitrogens is 3. The van der Waals surface area contributed by atoms with Gasteiger partial charge >= 0.3 is 0 Å². The predicted octanol–water partition coefficient (Wildman–Crippen LogP) is 2.95. The number of hydrogen-bond acceptors (Lipinski definition) is 4. The van der Waals surface area contributed by atoms with Gasteiger partial charge in [0.2, 0.25) is 0 Å². The number of imidazole rings is 1. The van der Waals surface area contributed by atoms with Crippen LogP contribution in [0.25, 0.3) is 22.6 Å². The van der Waals surface area contributed by atoms with Crippen molar-refractivity contribution in [3.63, 3.8) is 0 Å². The minimum Gasteiger partial charge on any atom is -0.325 e. The second-order valence-corrected chi connectivity index (χ2v) is 5.80. The topological polar surface area (TPSA) is 56.7 Å². The van der Waals surface area contributed by atoms with E-state index >= 15 is 0 Å². The second-order valence-electron chi connectivity index (χ2n) is 4.86. The number of para-hydroxylation sites is 2. The molecule has 1 saturated carbocycles. The maximum Gasteiger partial charge on any atom is 0.160 e. The van der Waals surface area contributed by atoms with Gasteiger partial charge in [-0.25, -0.2) is 9.97 Å². The van der Waals surface area contributed by atoms with Crippen LogP contribution in [0.15, 0.2) is 29.6 Å². The Morgan fingerprint density at radius 1 is 1.26 bits per heavy atom. The van der Waals surface area contributed by atoms with Crippen LogP contribution in [0.1, 0.15) is 23.9 Å². The van der Waals surface area contributed by atoms with Gasteiger partial charge in [-0.15, -0.1) is 11.3 Å². The van der Waals surface area contributed by atoms with Crippen molar-refractivity contribution in [3.05, 3.63) is 34.7 Å². The van der Waals surface area contributed by atoms with E-state index in [4.69, 9.17) is 10.7 Å². The highest BCUT2D eigenvalue weighted by atomic mass is 32.1.